The molecule has 0 saturated heterocycles. The standard InChI is InChI=1S/C14H21NO/c1-10(2)8-14(3,16)13-12-7-5-4-6-11(12)9-15-13/h4-7,10,13,15-16H,8-9H2,1-3H3. The first-order valence-corrected chi connectivity index (χ1v) is 6.04. The molecule has 1 aliphatic rings. The highest BCUT2D eigenvalue weighted by Crippen LogP contribution is 2.36. The molecule has 2 nitrogen and oxygen atoms in total. The van der Waals surface area contributed by atoms with Crippen LogP contribution in [0.4, 0.5) is 0 Å². The average Bonchev–Trinajstić information content (AvgIpc) is 2.59. The Kier molecular flexibility index (Phi) is 3.04. The van der Waals surface area contributed by atoms with Gasteiger partial charge in [-0.3, -0.25) is 0 Å². The Morgan fingerprint density at radius 2 is 2.12 bits per heavy atom. The largest absolute Gasteiger partial charge is 0.388 e. The highest BCUT2D eigenvalue weighted by atomic mass is 16.3. The average molecular weight is 219 g/mol. The monoisotopic (exact) mass is 219 g/mol. The van der Waals surface area contributed by atoms with Crippen LogP contribution < -0.4 is 5.32 Å². The Bertz CT molecular complexity index is 371. The van der Waals surface area contributed by atoms with Crippen LogP contribution in [0.5, 0.6) is 0 Å². The van der Waals surface area contributed by atoms with Crippen molar-refractivity contribution in [2.24, 2.45) is 5.92 Å². The van der Waals surface area contributed by atoms with Gasteiger partial charge in [0.15, 0.2) is 0 Å². The quantitative estimate of drug-likeness (QED) is 0.819. The van der Waals surface area contributed by atoms with E-state index in [1.54, 1.807) is 0 Å². The molecule has 0 saturated carbocycles. The van der Waals surface area contributed by atoms with E-state index in [-0.39, 0.29) is 6.04 Å². The number of hydrogen-bond acceptors (Lipinski definition) is 2. The van der Waals surface area contributed by atoms with Gasteiger partial charge in [-0.05, 0) is 30.4 Å². The molecule has 0 amide bonds. The van der Waals surface area contributed by atoms with Gasteiger partial charge in [-0.1, -0.05) is 38.1 Å². The van der Waals surface area contributed by atoms with Gasteiger partial charge in [0.2, 0.25) is 0 Å². The minimum Gasteiger partial charge on any atom is -0.388 e. The zero-order valence-electron chi connectivity index (χ0n) is 10.3. The molecule has 1 heterocycles. The third kappa shape index (κ3) is 2.13. The summed E-state index contributed by atoms with van der Waals surface area (Å²) in [5.74, 6) is 0.504. The Labute approximate surface area is 97.7 Å². The maximum absolute atomic E-state index is 10.6. The molecule has 0 fully saturated rings. The van der Waals surface area contributed by atoms with Crippen LogP contribution in [0.1, 0.15) is 44.4 Å². The number of benzene rings is 1. The smallest absolute Gasteiger partial charge is 0.0816 e. The lowest BCUT2D eigenvalue weighted by molar-refractivity contribution is 0.00285. The molecule has 2 unspecified atom stereocenters. The summed E-state index contributed by atoms with van der Waals surface area (Å²) in [4.78, 5) is 0. The van der Waals surface area contributed by atoms with E-state index in [0.29, 0.717) is 5.92 Å². The number of fused-ring (bicyclic) bond motifs is 1. The molecule has 1 aromatic rings. The van der Waals surface area contributed by atoms with Gasteiger partial charge >= 0.3 is 0 Å². The van der Waals surface area contributed by atoms with Crippen molar-refractivity contribution in [3.05, 3.63) is 35.4 Å². The lowest BCUT2D eigenvalue weighted by Crippen LogP contribution is -2.39. The Morgan fingerprint density at radius 3 is 2.81 bits per heavy atom. The van der Waals surface area contributed by atoms with E-state index in [2.05, 4.69) is 37.4 Å². The summed E-state index contributed by atoms with van der Waals surface area (Å²) in [6, 6.07) is 8.43. The summed E-state index contributed by atoms with van der Waals surface area (Å²) in [7, 11) is 0. The second kappa shape index (κ2) is 4.19. The molecule has 16 heavy (non-hydrogen) atoms. The van der Waals surface area contributed by atoms with Crippen LogP contribution in [0.2, 0.25) is 0 Å². The number of hydrogen-bond donors (Lipinski definition) is 2. The highest BCUT2D eigenvalue weighted by Gasteiger charge is 2.37. The van der Waals surface area contributed by atoms with Crippen molar-refractivity contribution in [1.82, 2.24) is 5.32 Å². The molecule has 2 rings (SSSR count). The summed E-state index contributed by atoms with van der Waals surface area (Å²) in [5, 5.41) is 14.0. The molecular weight excluding hydrogens is 198 g/mol. The van der Waals surface area contributed by atoms with Gasteiger partial charge in [0.1, 0.15) is 0 Å². The van der Waals surface area contributed by atoms with Crippen LogP contribution in [0.15, 0.2) is 24.3 Å². The van der Waals surface area contributed by atoms with E-state index < -0.39 is 5.60 Å². The second-order valence-electron chi connectivity index (χ2n) is 5.47. The normalized spacial score (nSPS) is 23.2. The van der Waals surface area contributed by atoms with Crippen LogP contribution in [0, 0.1) is 5.92 Å². The van der Waals surface area contributed by atoms with Crippen molar-refractivity contribution in [1.29, 1.82) is 0 Å². The van der Waals surface area contributed by atoms with E-state index in [4.69, 9.17) is 0 Å². The Hall–Kier alpha value is -0.860. The fourth-order valence-electron chi connectivity index (χ4n) is 2.80. The molecule has 0 spiro atoms. The van der Waals surface area contributed by atoms with Crippen molar-refractivity contribution in [2.45, 2.75) is 45.4 Å². The molecule has 0 bridgehead atoms. The number of rotatable bonds is 3. The van der Waals surface area contributed by atoms with Gasteiger partial charge in [-0.25, -0.2) is 0 Å². The molecule has 0 aliphatic carbocycles. The molecule has 2 atom stereocenters. The van der Waals surface area contributed by atoms with E-state index >= 15 is 0 Å². The third-order valence-electron chi connectivity index (χ3n) is 3.31. The minimum absolute atomic E-state index is 0.0751. The lowest BCUT2D eigenvalue weighted by atomic mass is 9.84. The van der Waals surface area contributed by atoms with Crippen LogP contribution in [0.3, 0.4) is 0 Å². The van der Waals surface area contributed by atoms with Gasteiger partial charge in [0, 0.05) is 6.54 Å². The first-order chi connectivity index (χ1) is 7.50. The molecule has 2 N–H and O–H groups in total. The van der Waals surface area contributed by atoms with Crippen LogP contribution in [0.25, 0.3) is 0 Å². The maximum atomic E-state index is 10.6. The predicted octanol–water partition coefficient (Wildman–Crippen LogP) is 2.63. The van der Waals surface area contributed by atoms with Crippen LogP contribution in [-0.2, 0) is 6.54 Å². The summed E-state index contributed by atoms with van der Waals surface area (Å²) >= 11 is 0. The fourth-order valence-corrected chi connectivity index (χ4v) is 2.80. The number of nitrogens with one attached hydrogen (secondary N) is 1. The minimum atomic E-state index is -0.666. The van der Waals surface area contributed by atoms with E-state index in [1.807, 2.05) is 13.0 Å². The number of aliphatic hydroxyl groups is 1. The van der Waals surface area contributed by atoms with Crippen LogP contribution >= 0.6 is 0 Å². The Morgan fingerprint density at radius 1 is 1.44 bits per heavy atom. The molecular formula is C14H21NO. The lowest BCUT2D eigenvalue weighted by Gasteiger charge is -2.32. The molecule has 2 heteroatoms. The van der Waals surface area contributed by atoms with Crippen molar-refractivity contribution in [3.63, 3.8) is 0 Å². The van der Waals surface area contributed by atoms with Crippen molar-refractivity contribution >= 4 is 0 Å². The highest BCUT2D eigenvalue weighted by molar-refractivity contribution is 5.35. The van der Waals surface area contributed by atoms with E-state index in [1.165, 1.54) is 11.1 Å². The summed E-state index contributed by atoms with van der Waals surface area (Å²) in [6.45, 7) is 7.10. The first-order valence-electron chi connectivity index (χ1n) is 6.04. The van der Waals surface area contributed by atoms with Gasteiger partial charge in [0.05, 0.1) is 11.6 Å². The first kappa shape index (κ1) is 11.6. The summed E-state index contributed by atoms with van der Waals surface area (Å²) in [5.41, 5.74) is 1.91. The van der Waals surface area contributed by atoms with Crippen molar-refractivity contribution in [3.8, 4) is 0 Å². The van der Waals surface area contributed by atoms with Crippen molar-refractivity contribution < 1.29 is 5.11 Å². The molecule has 1 aromatic carbocycles. The predicted molar refractivity (Wildman–Crippen MR) is 66.1 cm³/mol. The molecule has 88 valence electrons. The second-order valence-corrected chi connectivity index (χ2v) is 5.47. The summed E-state index contributed by atoms with van der Waals surface area (Å²) < 4.78 is 0. The van der Waals surface area contributed by atoms with Gasteiger partial charge in [0.25, 0.3) is 0 Å². The van der Waals surface area contributed by atoms with Gasteiger partial charge < -0.3 is 10.4 Å². The zero-order valence-corrected chi connectivity index (χ0v) is 10.3. The molecule has 1 aliphatic heterocycles. The Balaban J connectivity index is 2.24. The van der Waals surface area contributed by atoms with Gasteiger partial charge in [-0.15, -0.1) is 0 Å². The molecule has 0 radical (unpaired) electrons. The SMILES string of the molecule is CC(C)CC(C)(O)C1NCc2ccccc21. The molecule has 0 aromatic heterocycles. The van der Waals surface area contributed by atoms with E-state index in [9.17, 15) is 5.11 Å². The third-order valence-corrected chi connectivity index (χ3v) is 3.31. The van der Waals surface area contributed by atoms with E-state index in [0.717, 1.165) is 13.0 Å². The van der Waals surface area contributed by atoms with Crippen LogP contribution in [-0.4, -0.2) is 10.7 Å². The topological polar surface area (TPSA) is 32.3 Å². The zero-order chi connectivity index (χ0) is 11.8. The summed E-state index contributed by atoms with van der Waals surface area (Å²) in [6.07, 6.45) is 0.818. The van der Waals surface area contributed by atoms with Crippen molar-refractivity contribution in [2.75, 3.05) is 0 Å². The maximum Gasteiger partial charge on any atom is 0.0816 e. The van der Waals surface area contributed by atoms with Gasteiger partial charge in [-0.2, -0.15) is 0 Å². The fraction of sp³-hybridized carbons (Fsp3) is 0.571.